The normalized spacial score (nSPS) is 22.6. The SMILES string of the molecule is Brc1cnn(C2=C3C=CNC3NC=C2)c1. The molecule has 0 amide bonds. The molecular weight excluding hydrogens is 256 g/mol. The summed E-state index contributed by atoms with van der Waals surface area (Å²) in [6.45, 7) is 0. The van der Waals surface area contributed by atoms with E-state index in [4.69, 9.17) is 0 Å². The Kier molecular flexibility index (Phi) is 1.92. The Hall–Kier alpha value is -1.49. The number of hydrogen-bond donors (Lipinski definition) is 2. The number of hydrogen-bond acceptors (Lipinski definition) is 3. The van der Waals surface area contributed by atoms with E-state index in [1.165, 1.54) is 5.57 Å². The van der Waals surface area contributed by atoms with Crippen molar-refractivity contribution in [2.75, 3.05) is 0 Å². The molecule has 3 rings (SSSR count). The van der Waals surface area contributed by atoms with Crippen LogP contribution >= 0.6 is 15.9 Å². The average molecular weight is 265 g/mol. The molecule has 0 aliphatic carbocycles. The van der Waals surface area contributed by atoms with Crippen LogP contribution in [0.25, 0.3) is 5.70 Å². The largest absolute Gasteiger partial charge is 0.368 e. The van der Waals surface area contributed by atoms with Gasteiger partial charge in [-0.1, -0.05) is 0 Å². The summed E-state index contributed by atoms with van der Waals surface area (Å²) in [5.74, 6) is 0. The minimum Gasteiger partial charge on any atom is -0.368 e. The lowest BCUT2D eigenvalue weighted by Crippen LogP contribution is -2.36. The molecule has 0 fully saturated rings. The van der Waals surface area contributed by atoms with E-state index in [1.807, 2.05) is 29.4 Å². The van der Waals surface area contributed by atoms with Crippen molar-refractivity contribution >= 4 is 21.6 Å². The number of allylic oxidation sites excluding steroid dienone is 2. The lowest BCUT2D eigenvalue weighted by molar-refractivity contribution is 0.630. The van der Waals surface area contributed by atoms with Crippen LogP contribution < -0.4 is 10.6 Å². The molecule has 2 N–H and O–H groups in total. The van der Waals surface area contributed by atoms with Crippen LogP contribution in [-0.4, -0.2) is 15.9 Å². The second-order valence-corrected chi connectivity index (χ2v) is 4.29. The van der Waals surface area contributed by atoms with Crippen LogP contribution in [0.5, 0.6) is 0 Å². The van der Waals surface area contributed by atoms with Gasteiger partial charge in [0.05, 0.1) is 16.4 Å². The molecule has 0 saturated carbocycles. The van der Waals surface area contributed by atoms with Gasteiger partial charge in [-0.05, 0) is 34.3 Å². The number of rotatable bonds is 1. The summed E-state index contributed by atoms with van der Waals surface area (Å²) in [5.41, 5.74) is 2.29. The third kappa shape index (κ3) is 1.39. The molecule has 1 atom stereocenters. The van der Waals surface area contributed by atoms with Gasteiger partial charge in [-0.3, -0.25) is 0 Å². The lowest BCUT2D eigenvalue weighted by atomic mass is 10.1. The summed E-state index contributed by atoms with van der Waals surface area (Å²) in [7, 11) is 0. The summed E-state index contributed by atoms with van der Waals surface area (Å²) in [6.07, 6.45) is 11.9. The minimum absolute atomic E-state index is 0.174. The van der Waals surface area contributed by atoms with Crippen molar-refractivity contribution in [2.24, 2.45) is 0 Å². The zero-order chi connectivity index (χ0) is 10.3. The molecule has 2 aliphatic rings. The number of fused-ring (bicyclic) bond motifs is 1. The molecule has 76 valence electrons. The first-order chi connectivity index (χ1) is 7.34. The highest BCUT2D eigenvalue weighted by atomic mass is 79.9. The van der Waals surface area contributed by atoms with E-state index in [-0.39, 0.29) is 6.17 Å². The molecular formula is C10H9BrN4. The average Bonchev–Trinajstić information content (AvgIpc) is 2.84. The van der Waals surface area contributed by atoms with Crippen molar-refractivity contribution < 1.29 is 0 Å². The van der Waals surface area contributed by atoms with Crippen LogP contribution in [0, 0.1) is 0 Å². The first-order valence-electron chi connectivity index (χ1n) is 4.64. The molecule has 2 aliphatic heterocycles. The van der Waals surface area contributed by atoms with Gasteiger partial charge in [-0.2, -0.15) is 5.10 Å². The fourth-order valence-corrected chi connectivity index (χ4v) is 2.04. The fourth-order valence-electron chi connectivity index (χ4n) is 1.75. The Labute approximate surface area is 95.5 Å². The molecule has 4 nitrogen and oxygen atoms in total. The number of halogens is 1. The Balaban J connectivity index is 2.10. The minimum atomic E-state index is 0.174. The van der Waals surface area contributed by atoms with Crippen molar-refractivity contribution in [3.05, 3.63) is 47.0 Å². The Bertz CT molecular complexity index is 483. The summed E-state index contributed by atoms with van der Waals surface area (Å²) >= 11 is 3.39. The van der Waals surface area contributed by atoms with Gasteiger partial charge in [-0.15, -0.1) is 0 Å². The van der Waals surface area contributed by atoms with Gasteiger partial charge in [0.1, 0.15) is 6.17 Å². The predicted molar refractivity (Wildman–Crippen MR) is 61.5 cm³/mol. The lowest BCUT2D eigenvalue weighted by Gasteiger charge is -2.20. The number of dihydropyridines is 1. The van der Waals surface area contributed by atoms with Crippen LogP contribution in [0.1, 0.15) is 0 Å². The summed E-state index contributed by atoms with van der Waals surface area (Å²) < 4.78 is 2.84. The maximum Gasteiger partial charge on any atom is 0.124 e. The molecule has 3 heterocycles. The van der Waals surface area contributed by atoms with E-state index >= 15 is 0 Å². The van der Waals surface area contributed by atoms with E-state index in [2.05, 4.69) is 37.7 Å². The van der Waals surface area contributed by atoms with Gasteiger partial charge in [-0.25, -0.2) is 4.68 Å². The predicted octanol–water partition coefficient (Wildman–Crippen LogP) is 1.42. The Morgan fingerprint density at radius 2 is 2.07 bits per heavy atom. The number of nitrogens with one attached hydrogen (secondary N) is 2. The molecule has 1 aromatic rings. The summed E-state index contributed by atoms with van der Waals surface area (Å²) in [5, 5.41) is 10.7. The molecule has 15 heavy (non-hydrogen) atoms. The van der Waals surface area contributed by atoms with Crippen LogP contribution in [0.15, 0.2) is 47.0 Å². The molecule has 0 radical (unpaired) electrons. The third-order valence-electron chi connectivity index (χ3n) is 2.43. The standard InChI is InChI=1S/C10H9BrN4/c11-7-5-14-15(6-7)9-2-4-13-10-8(9)1-3-12-10/h1-6,10,12-13H. The summed E-state index contributed by atoms with van der Waals surface area (Å²) in [4.78, 5) is 0. The van der Waals surface area contributed by atoms with Gasteiger partial charge < -0.3 is 10.6 Å². The first-order valence-corrected chi connectivity index (χ1v) is 5.44. The molecule has 0 bridgehead atoms. The number of aromatic nitrogens is 2. The van der Waals surface area contributed by atoms with E-state index in [1.54, 1.807) is 6.20 Å². The van der Waals surface area contributed by atoms with Crippen molar-refractivity contribution in [3.63, 3.8) is 0 Å². The van der Waals surface area contributed by atoms with Crippen molar-refractivity contribution in [3.8, 4) is 0 Å². The number of nitrogens with zero attached hydrogens (tertiary/aromatic N) is 2. The smallest absolute Gasteiger partial charge is 0.124 e. The molecule has 0 saturated heterocycles. The third-order valence-corrected chi connectivity index (χ3v) is 2.84. The maximum absolute atomic E-state index is 4.27. The highest BCUT2D eigenvalue weighted by Crippen LogP contribution is 2.23. The van der Waals surface area contributed by atoms with Crippen LogP contribution in [-0.2, 0) is 0 Å². The molecule has 1 aromatic heterocycles. The van der Waals surface area contributed by atoms with E-state index < -0.39 is 0 Å². The van der Waals surface area contributed by atoms with Gasteiger partial charge in [0.25, 0.3) is 0 Å². The topological polar surface area (TPSA) is 41.9 Å². The first kappa shape index (κ1) is 8.79. The highest BCUT2D eigenvalue weighted by Gasteiger charge is 2.21. The second-order valence-electron chi connectivity index (χ2n) is 3.38. The zero-order valence-corrected chi connectivity index (χ0v) is 9.40. The monoisotopic (exact) mass is 264 g/mol. The van der Waals surface area contributed by atoms with Crippen molar-refractivity contribution in [1.82, 2.24) is 20.4 Å². The van der Waals surface area contributed by atoms with Crippen LogP contribution in [0.4, 0.5) is 0 Å². The van der Waals surface area contributed by atoms with E-state index in [9.17, 15) is 0 Å². The van der Waals surface area contributed by atoms with Crippen molar-refractivity contribution in [1.29, 1.82) is 0 Å². The highest BCUT2D eigenvalue weighted by molar-refractivity contribution is 9.10. The van der Waals surface area contributed by atoms with Gasteiger partial charge in [0.2, 0.25) is 0 Å². The van der Waals surface area contributed by atoms with Crippen LogP contribution in [0.2, 0.25) is 0 Å². The Morgan fingerprint density at radius 3 is 2.80 bits per heavy atom. The molecule has 0 spiro atoms. The van der Waals surface area contributed by atoms with Gasteiger partial charge >= 0.3 is 0 Å². The van der Waals surface area contributed by atoms with Crippen molar-refractivity contribution in [2.45, 2.75) is 6.17 Å². The quantitative estimate of drug-likeness (QED) is 0.806. The van der Waals surface area contributed by atoms with Gasteiger partial charge in [0.15, 0.2) is 0 Å². The van der Waals surface area contributed by atoms with E-state index in [0.29, 0.717) is 0 Å². The zero-order valence-electron chi connectivity index (χ0n) is 7.81. The second kappa shape index (κ2) is 3.27. The Morgan fingerprint density at radius 1 is 1.27 bits per heavy atom. The van der Waals surface area contributed by atoms with Crippen LogP contribution in [0.3, 0.4) is 0 Å². The fraction of sp³-hybridized carbons (Fsp3) is 0.100. The maximum atomic E-state index is 4.27. The van der Waals surface area contributed by atoms with E-state index in [0.717, 1.165) is 10.2 Å². The molecule has 5 heteroatoms. The molecule has 1 unspecified atom stereocenters. The van der Waals surface area contributed by atoms with Gasteiger partial charge in [0, 0.05) is 18.0 Å². The summed E-state index contributed by atoms with van der Waals surface area (Å²) in [6, 6.07) is 0. The molecule has 0 aromatic carbocycles.